The number of halogens is 1. The lowest BCUT2D eigenvalue weighted by atomic mass is 10.0. The van der Waals surface area contributed by atoms with Gasteiger partial charge in [-0.25, -0.2) is 4.79 Å². The molecule has 1 fully saturated rings. The van der Waals surface area contributed by atoms with Gasteiger partial charge in [0.25, 0.3) is 0 Å². The maximum atomic E-state index is 12.6. The molecule has 3 atom stereocenters. The van der Waals surface area contributed by atoms with Gasteiger partial charge in [-0.1, -0.05) is 29.8 Å². The Hall–Kier alpha value is -2.12. The Morgan fingerprint density at radius 2 is 2.08 bits per heavy atom. The Morgan fingerprint density at radius 3 is 2.68 bits per heavy atom. The van der Waals surface area contributed by atoms with Crippen LogP contribution >= 0.6 is 11.6 Å². The molecule has 0 saturated carbocycles. The Bertz CT molecular complexity index is 666. The average Bonchev–Trinajstić information content (AvgIpc) is 2.97. The van der Waals surface area contributed by atoms with Gasteiger partial charge in [0.1, 0.15) is 12.1 Å². The third-order valence-corrected chi connectivity index (χ3v) is 4.54. The van der Waals surface area contributed by atoms with E-state index in [1.807, 2.05) is 0 Å². The largest absolute Gasteiger partial charge is 0.467 e. The van der Waals surface area contributed by atoms with Crippen molar-refractivity contribution in [2.45, 2.75) is 38.0 Å². The molecular weight excluding hydrogens is 348 g/mol. The zero-order valence-corrected chi connectivity index (χ0v) is 14.8. The van der Waals surface area contributed by atoms with Gasteiger partial charge < -0.3 is 20.1 Å². The zero-order valence-electron chi connectivity index (χ0n) is 14.1. The predicted octanol–water partition coefficient (Wildman–Crippen LogP) is 0.522. The van der Waals surface area contributed by atoms with Crippen molar-refractivity contribution in [3.63, 3.8) is 0 Å². The summed E-state index contributed by atoms with van der Waals surface area (Å²) in [7, 11) is 1.23. The first kappa shape index (κ1) is 19.2. The van der Waals surface area contributed by atoms with E-state index in [0.29, 0.717) is 10.6 Å². The van der Waals surface area contributed by atoms with Gasteiger partial charge in [-0.2, -0.15) is 0 Å². The highest BCUT2D eigenvalue weighted by Crippen LogP contribution is 2.20. The van der Waals surface area contributed by atoms with Crippen LogP contribution in [0.1, 0.15) is 18.9 Å². The number of esters is 1. The predicted molar refractivity (Wildman–Crippen MR) is 90.9 cm³/mol. The molecule has 1 aliphatic rings. The number of aliphatic hydroxyl groups is 1. The Labute approximate surface area is 150 Å². The molecular formula is C17H21ClN2O5. The molecule has 136 valence electrons. The first-order valence-electron chi connectivity index (χ1n) is 7.90. The standard InChI is InChI=1S/C17H21ClN2O5/c1-10(21)20-9-12(22)8-15(20)16(23)19-14(17(24)25-2)7-11-5-3-4-6-13(11)18/h3-6,12,14-15,22H,7-9H2,1-2H3,(H,19,23)/t12-,14+,15+/m1/s1. The van der Waals surface area contributed by atoms with Gasteiger partial charge in [0.05, 0.1) is 13.2 Å². The van der Waals surface area contributed by atoms with Crippen LogP contribution in [-0.4, -0.2) is 59.6 Å². The summed E-state index contributed by atoms with van der Waals surface area (Å²) in [4.78, 5) is 37.5. The number of rotatable bonds is 5. The van der Waals surface area contributed by atoms with Crippen LogP contribution in [-0.2, 0) is 25.5 Å². The van der Waals surface area contributed by atoms with Crippen LogP contribution in [0.5, 0.6) is 0 Å². The molecule has 0 bridgehead atoms. The Kier molecular flexibility index (Phi) is 6.39. The molecule has 2 amide bonds. The first-order chi connectivity index (χ1) is 11.8. The van der Waals surface area contributed by atoms with Gasteiger partial charge in [-0.05, 0) is 11.6 Å². The topological polar surface area (TPSA) is 95.9 Å². The van der Waals surface area contributed by atoms with Crippen LogP contribution in [0.25, 0.3) is 0 Å². The minimum absolute atomic E-state index is 0.0980. The van der Waals surface area contributed by atoms with Gasteiger partial charge in [-0.15, -0.1) is 0 Å². The van der Waals surface area contributed by atoms with E-state index >= 15 is 0 Å². The molecule has 7 nitrogen and oxygen atoms in total. The zero-order chi connectivity index (χ0) is 18.6. The number of benzene rings is 1. The summed E-state index contributed by atoms with van der Waals surface area (Å²) in [6.07, 6.45) is -0.474. The summed E-state index contributed by atoms with van der Waals surface area (Å²) in [5.41, 5.74) is 0.690. The molecule has 0 radical (unpaired) electrons. The highest BCUT2D eigenvalue weighted by atomic mass is 35.5. The molecule has 1 aromatic carbocycles. The lowest BCUT2D eigenvalue weighted by molar-refractivity contribution is -0.146. The van der Waals surface area contributed by atoms with Crippen LogP contribution in [0.3, 0.4) is 0 Å². The summed E-state index contributed by atoms with van der Waals surface area (Å²) in [6.45, 7) is 1.43. The molecule has 2 rings (SSSR count). The first-order valence-corrected chi connectivity index (χ1v) is 8.28. The van der Waals surface area contributed by atoms with Crippen molar-refractivity contribution in [3.05, 3.63) is 34.9 Å². The summed E-state index contributed by atoms with van der Waals surface area (Å²) >= 11 is 6.11. The quantitative estimate of drug-likeness (QED) is 0.739. The summed E-state index contributed by atoms with van der Waals surface area (Å²) < 4.78 is 4.76. The highest BCUT2D eigenvalue weighted by molar-refractivity contribution is 6.31. The SMILES string of the molecule is COC(=O)[C@H](Cc1ccccc1Cl)NC(=O)[C@@H]1C[C@@H](O)CN1C(C)=O. The van der Waals surface area contributed by atoms with Crippen molar-refractivity contribution >= 4 is 29.4 Å². The van der Waals surface area contributed by atoms with Gasteiger partial charge >= 0.3 is 5.97 Å². The lowest BCUT2D eigenvalue weighted by Gasteiger charge is -2.24. The summed E-state index contributed by atoms with van der Waals surface area (Å²) in [6, 6.07) is 5.24. The number of nitrogens with zero attached hydrogens (tertiary/aromatic N) is 1. The smallest absolute Gasteiger partial charge is 0.328 e. The van der Waals surface area contributed by atoms with E-state index in [1.54, 1.807) is 24.3 Å². The Balaban J connectivity index is 2.14. The molecule has 0 aromatic heterocycles. The summed E-state index contributed by atoms with van der Waals surface area (Å²) in [5, 5.41) is 12.8. The number of hydrogen-bond acceptors (Lipinski definition) is 5. The van der Waals surface area contributed by atoms with E-state index in [0.717, 1.165) is 0 Å². The molecule has 25 heavy (non-hydrogen) atoms. The summed E-state index contributed by atoms with van der Waals surface area (Å²) in [5.74, 6) is -1.42. The fourth-order valence-corrected chi connectivity index (χ4v) is 3.11. The molecule has 0 spiro atoms. The molecule has 0 aliphatic carbocycles. The number of β-amino-alcohol motifs (C(OH)–C–C–N with tert-alkyl or cyclic N) is 1. The van der Waals surface area contributed by atoms with Crippen molar-refractivity contribution in [1.82, 2.24) is 10.2 Å². The normalized spacial score (nSPS) is 20.9. The number of likely N-dealkylation sites (tertiary alicyclic amines) is 1. The van der Waals surface area contributed by atoms with Crippen molar-refractivity contribution in [2.75, 3.05) is 13.7 Å². The molecule has 1 heterocycles. The van der Waals surface area contributed by atoms with Crippen LogP contribution in [0.4, 0.5) is 0 Å². The number of carbonyl (C=O) groups excluding carboxylic acids is 3. The number of ether oxygens (including phenoxy) is 1. The van der Waals surface area contributed by atoms with Gasteiger partial charge in [0.2, 0.25) is 11.8 Å². The van der Waals surface area contributed by atoms with Gasteiger partial charge in [0.15, 0.2) is 0 Å². The molecule has 1 aliphatic heterocycles. The molecule has 0 unspecified atom stereocenters. The maximum Gasteiger partial charge on any atom is 0.328 e. The van der Waals surface area contributed by atoms with Crippen LogP contribution < -0.4 is 5.32 Å². The monoisotopic (exact) mass is 368 g/mol. The lowest BCUT2D eigenvalue weighted by Crippen LogP contribution is -2.51. The molecule has 1 aromatic rings. The highest BCUT2D eigenvalue weighted by Gasteiger charge is 2.39. The molecule has 8 heteroatoms. The van der Waals surface area contributed by atoms with Crippen LogP contribution in [0.15, 0.2) is 24.3 Å². The maximum absolute atomic E-state index is 12.6. The number of methoxy groups -OCH3 is 1. The van der Waals surface area contributed by atoms with E-state index in [9.17, 15) is 19.5 Å². The van der Waals surface area contributed by atoms with Crippen LogP contribution in [0.2, 0.25) is 5.02 Å². The third kappa shape index (κ3) is 4.70. The Morgan fingerprint density at radius 1 is 1.40 bits per heavy atom. The minimum Gasteiger partial charge on any atom is -0.467 e. The van der Waals surface area contributed by atoms with E-state index in [-0.39, 0.29) is 25.3 Å². The average molecular weight is 369 g/mol. The van der Waals surface area contributed by atoms with E-state index in [2.05, 4.69) is 5.32 Å². The minimum atomic E-state index is -0.941. The number of amides is 2. The second kappa shape index (κ2) is 8.31. The van der Waals surface area contributed by atoms with E-state index in [1.165, 1.54) is 18.9 Å². The van der Waals surface area contributed by atoms with E-state index in [4.69, 9.17) is 16.3 Å². The molecule has 1 saturated heterocycles. The van der Waals surface area contributed by atoms with Crippen molar-refractivity contribution in [1.29, 1.82) is 0 Å². The van der Waals surface area contributed by atoms with Gasteiger partial charge in [0, 0.05) is 31.3 Å². The number of nitrogens with one attached hydrogen (secondary N) is 1. The van der Waals surface area contributed by atoms with Crippen molar-refractivity contribution < 1.29 is 24.2 Å². The molecule has 2 N–H and O–H groups in total. The van der Waals surface area contributed by atoms with E-state index < -0.39 is 30.1 Å². The van der Waals surface area contributed by atoms with Crippen molar-refractivity contribution in [3.8, 4) is 0 Å². The van der Waals surface area contributed by atoms with Crippen molar-refractivity contribution in [2.24, 2.45) is 0 Å². The second-order valence-corrected chi connectivity index (χ2v) is 6.36. The second-order valence-electron chi connectivity index (χ2n) is 5.96. The number of hydrogen-bond donors (Lipinski definition) is 2. The number of carbonyl (C=O) groups is 3. The van der Waals surface area contributed by atoms with Crippen LogP contribution in [0, 0.1) is 0 Å². The fourth-order valence-electron chi connectivity index (χ4n) is 2.90. The van der Waals surface area contributed by atoms with Gasteiger partial charge in [-0.3, -0.25) is 9.59 Å². The number of aliphatic hydroxyl groups excluding tert-OH is 1. The third-order valence-electron chi connectivity index (χ3n) is 4.17. The fraction of sp³-hybridized carbons (Fsp3) is 0.471.